The average Bonchev–Trinajstić information content (AvgIpc) is 2.70. The summed E-state index contributed by atoms with van der Waals surface area (Å²) in [6.45, 7) is 0.729. The third-order valence-electron chi connectivity index (χ3n) is 2.55. The average molecular weight is 242 g/mol. The molecule has 2 N–H and O–H groups in total. The molecule has 18 heavy (non-hydrogen) atoms. The summed E-state index contributed by atoms with van der Waals surface area (Å²) in [6, 6.07) is 7.66. The predicted molar refractivity (Wildman–Crippen MR) is 68.9 cm³/mol. The smallest absolute Gasteiger partial charge is 0.320 e. The Morgan fingerprint density at radius 3 is 2.83 bits per heavy atom. The van der Waals surface area contributed by atoms with E-state index in [0.29, 0.717) is 13.1 Å². The Morgan fingerprint density at radius 1 is 1.39 bits per heavy atom. The van der Waals surface area contributed by atoms with Gasteiger partial charge in [0.05, 0.1) is 13.1 Å². The number of aryl methyl sites for hydroxylation is 1. The lowest BCUT2D eigenvalue weighted by atomic mass is 10.1. The first kappa shape index (κ1) is 12.1. The van der Waals surface area contributed by atoms with E-state index in [9.17, 15) is 4.79 Å². The Morgan fingerprint density at radius 2 is 2.17 bits per heavy atom. The van der Waals surface area contributed by atoms with Crippen LogP contribution in [0.5, 0.6) is 0 Å². The van der Waals surface area contributed by atoms with Gasteiger partial charge in [0.25, 0.3) is 0 Å². The molecule has 0 saturated carbocycles. The van der Waals surface area contributed by atoms with Crippen LogP contribution in [-0.2, 0) is 13.6 Å². The molecule has 0 amide bonds. The quantitative estimate of drug-likeness (QED) is 0.750. The first-order chi connectivity index (χ1) is 8.72. The highest BCUT2D eigenvalue weighted by molar-refractivity contribution is 5.41. The number of hydrogen-bond acceptors (Lipinski definition) is 3. The Balaban J connectivity index is 2.35. The van der Waals surface area contributed by atoms with Crippen molar-refractivity contribution in [3.63, 3.8) is 0 Å². The third kappa shape index (κ3) is 2.50. The molecular formula is C13H14N4O. The molecule has 5 nitrogen and oxygen atoms in total. The van der Waals surface area contributed by atoms with Gasteiger partial charge in [0.1, 0.15) is 6.33 Å². The van der Waals surface area contributed by atoms with Crippen molar-refractivity contribution in [1.29, 1.82) is 0 Å². The normalized spacial score (nSPS) is 9.89. The van der Waals surface area contributed by atoms with E-state index in [0.717, 1.165) is 11.1 Å². The molecule has 0 unspecified atom stereocenters. The van der Waals surface area contributed by atoms with E-state index >= 15 is 0 Å². The zero-order valence-electron chi connectivity index (χ0n) is 10.1. The number of hydrogen-bond donors (Lipinski definition) is 1. The largest absolute Gasteiger partial charge is 0.345 e. The molecule has 0 radical (unpaired) electrons. The number of nitrogens with zero attached hydrogens (tertiary/aromatic N) is 3. The van der Waals surface area contributed by atoms with Crippen LogP contribution in [-0.4, -0.2) is 20.9 Å². The van der Waals surface area contributed by atoms with E-state index < -0.39 is 0 Å². The van der Waals surface area contributed by atoms with Crippen molar-refractivity contribution in [2.45, 2.75) is 6.54 Å². The van der Waals surface area contributed by atoms with E-state index in [1.54, 1.807) is 7.05 Å². The lowest BCUT2D eigenvalue weighted by molar-refractivity contribution is 0.646. The van der Waals surface area contributed by atoms with Crippen molar-refractivity contribution in [3.8, 4) is 11.8 Å². The van der Waals surface area contributed by atoms with Gasteiger partial charge in [-0.1, -0.05) is 30.0 Å². The molecule has 0 spiro atoms. The van der Waals surface area contributed by atoms with Crippen molar-refractivity contribution in [2.75, 3.05) is 6.54 Å². The van der Waals surface area contributed by atoms with Gasteiger partial charge in [0.15, 0.2) is 0 Å². The summed E-state index contributed by atoms with van der Waals surface area (Å²) in [5, 5.41) is 4.03. The van der Waals surface area contributed by atoms with Crippen LogP contribution >= 0.6 is 0 Å². The number of rotatable bonds is 2. The highest BCUT2D eigenvalue weighted by Crippen LogP contribution is 2.07. The van der Waals surface area contributed by atoms with Gasteiger partial charge in [0.2, 0.25) is 0 Å². The summed E-state index contributed by atoms with van der Waals surface area (Å²) < 4.78 is 2.84. The van der Waals surface area contributed by atoms with Gasteiger partial charge in [-0.25, -0.2) is 9.48 Å². The van der Waals surface area contributed by atoms with Gasteiger partial charge in [0, 0.05) is 12.6 Å². The van der Waals surface area contributed by atoms with Crippen molar-refractivity contribution in [3.05, 3.63) is 52.2 Å². The molecule has 2 aromatic rings. The predicted octanol–water partition coefficient (Wildman–Crippen LogP) is -0.0597. The molecule has 0 bridgehead atoms. The highest BCUT2D eigenvalue weighted by Gasteiger charge is 2.05. The molecule has 0 aliphatic carbocycles. The summed E-state index contributed by atoms with van der Waals surface area (Å²) in [6.07, 6.45) is 1.50. The van der Waals surface area contributed by atoms with Crippen LogP contribution < -0.4 is 11.4 Å². The maximum Gasteiger partial charge on any atom is 0.345 e. The van der Waals surface area contributed by atoms with Gasteiger partial charge < -0.3 is 5.73 Å². The van der Waals surface area contributed by atoms with E-state index in [1.807, 2.05) is 24.3 Å². The maximum atomic E-state index is 11.7. The molecule has 0 aliphatic heterocycles. The molecule has 0 fully saturated rings. The molecule has 5 heteroatoms. The van der Waals surface area contributed by atoms with Gasteiger partial charge >= 0.3 is 5.69 Å². The van der Waals surface area contributed by atoms with E-state index in [4.69, 9.17) is 5.73 Å². The zero-order chi connectivity index (χ0) is 13.0. The Hall–Kier alpha value is -2.32. The second-order valence-electron chi connectivity index (χ2n) is 3.85. The molecule has 92 valence electrons. The van der Waals surface area contributed by atoms with E-state index in [2.05, 4.69) is 16.9 Å². The second-order valence-corrected chi connectivity index (χ2v) is 3.85. The lowest BCUT2D eigenvalue weighted by Crippen LogP contribution is -2.23. The molecular weight excluding hydrogens is 228 g/mol. The fraction of sp³-hybridized carbons (Fsp3) is 0.231. The standard InChI is InChI=1S/C13H14N4O/c1-16-10-15-17(13(16)18)9-12-6-3-2-5-11(12)7-4-8-14/h2-3,5-6,10H,8-9,14H2,1H3. The van der Waals surface area contributed by atoms with Crippen molar-refractivity contribution in [1.82, 2.24) is 14.3 Å². The molecule has 0 aliphatic rings. The van der Waals surface area contributed by atoms with Crippen LogP contribution in [0.2, 0.25) is 0 Å². The SMILES string of the molecule is Cn1cnn(Cc2ccccc2C#CCN)c1=O. The highest BCUT2D eigenvalue weighted by atomic mass is 16.2. The minimum Gasteiger partial charge on any atom is -0.320 e. The van der Waals surface area contributed by atoms with Crippen LogP contribution in [0.4, 0.5) is 0 Å². The minimum atomic E-state index is -0.142. The maximum absolute atomic E-state index is 11.7. The van der Waals surface area contributed by atoms with Crippen LogP contribution in [0.3, 0.4) is 0 Å². The molecule has 0 atom stereocenters. The van der Waals surface area contributed by atoms with Crippen LogP contribution in [0, 0.1) is 11.8 Å². The monoisotopic (exact) mass is 242 g/mol. The molecule has 1 heterocycles. The Labute approximate surface area is 105 Å². The Bertz CT molecular complexity index is 657. The number of benzene rings is 1. The summed E-state index contributed by atoms with van der Waals surface area (Å²) >= 11 is 0. The van der Waals surface area contributed by atoms with Crippen molar-refractivity contribution < 1.29 is 0 Å². The van der Waals surface area contributed by atoms with E-state index in [-0.39, 0.29) is 5.69 Å². The topological polar surface area (TPSA) is 65.8 Å². The molecule has 1 aromatic heterocycles. The zero-order valence-corrected chi connectivity index (χ0v) is 10.1. The second kappa shape index (κ2) is 5.34. The number of nitrogens with two attached hydrogens (primary N) is 1. The van der Waals surface area contributed by atoms with Crippen molar-refractivity contribution >= 4 is 0 Å². The minimum absolute atomic E-state index is 0.142. The van der Waals surface area contributed by atoms with Crippen LogP contribution in [0.1, 0.15) is 11.1 Å². The summed E-state index contributed by atoms with van der Waals surface area (Å²) in [4.78, 5) is 11.7. The molecule has 1 aromatic carbocycles. The summed E-state index contributed by atoms with van der Waals surface area (Å²) in [5.74, 6) is 5.81. The van der Waals surface area contributed by atoms with Gasteiger partial charge in [-0.05, 0) is 11.6 Å². The van der Waals surface area contributed by atoms with Crippen LogP contribution in [0.15, 0.2) is 35.4 Å². The molecule has 0 saturated heterocycles. The first-order valence-corrected chi connectivity index (χ1v) is 5.57. The lowest BCUT2D eigenvalue weighted by Gasteiger charge is -2.03. The fourth-order valence-corrected chi connectivity index (χ4v) is 1.62. The van der Waals surface area contributed by atoms with Crippen LogP contribution in [0.25, 0.3) is 0 Å². The summed E-state index contributed by atoms with van der Waals surface area (Å²) in [7, 11) is 1.67. The third-order valence-corrected chi connectivity index (χ3v) is 2.55. The Kier molecular flexibility index (Phi) is 3.60. The van der Waals surface area contributed by atoms with Gasteiger partial charge in [-0.2, -0.15) is 5.10 Å². The number of aromatic nitrogens is 3. The van der Waals surface area contributed by atoms with E-state index in [1.165, 1.54) is 15.6 Å². The van der Waals surface area contributed by atoms with Gasteiger partial charge in [-0.3, -0.25) is 4.57 Å². The fourth-order valence-electron chi connectivity index (χ4n) is 1.62. The summed E-state index contributed by atoms with van der Waals surface area (Å²) in [5.41, 5.74) is 7.05. The molecule has 2 rings (SSSR count). The van der Waals surface area contributed by atoms with Gasteiger partial charge in [-0.15, -0.1) is 0 Å². The van der Waals surface area contributed by atoms with Crippen molar-refractivity contribution in [2.24, 2.45) is 12.8 Å². The first-order valence-electron chi connectivity index (χ1n) is 5.57.